The van der Waals surface area contributed by atoms with E-state index in [2.05, 4.69) is 44.2 Å². The van der Waals surface area contributed by atoms with Crippen molar-refractivity contribution in [1.82, 2.24) is 0 Å². The maximum Gasteiger partial charge on any atom is 0.0323 e. The molecule has 0 radical (unpaired) electrons. The van der Waals surface area contributed by atoms with Gasteiger partial charge in [0.25, 0.3) is 0 Å². The molecule has 0 aliphatic heterocycles. The van der Waals surface area contributed by atoms with Gasteiger partial charge in [0, 0.05) is 6.04 Å². The molecule has 1 aliphatic rings. The summed E-state index contributed by atoms with van der Waals surface area (Å²) in [7, 11) is 0. The van der Waals surface area contributed by atoms with Crippen LogP contribution >= 0.6 is 0 Å². The highest BCUT2D eigenvalue weighted by molar-refractivity contribution is 5.19. The molecule has 0 spiro atoms. The molecule has 0 saturated heterocycles. The highest BCUT2D eigenvalue weighted by Gasteiger charge is 2.30. The lowest BCUT2D eigenvalue weighted by Gasteiger charge is -2.37. The second kappa shape index (κ2) is 4.58. The Hall–Kier alpha value is -0.820. The monoisotopic (exact) mass is 217 g/mol. The van der Waals surface area contributed by atoms with Crippen molar-refractivity contribution < 1.29 is 0 Å². The molecule has 1 aromatic rings. The van der Waals surface area contributed by atoms with Gasteiger partial charge in [-0.15, -0.1) is 0 Å². The standard InChI is InChI=1S/C15H23N/c1-15(2)10-8-13(9-11-15)14(16)12-6-4-3-5-7-12/h3-7,13-14H,8-11,16H2,1-2H3. The molecule has 0 amide bonds. The van der Waals surface area contributed by atoms with Gasteiger partial charge in [-0.25, -0.2) is 0 Å². The van der Waals surface area contributed by atoms with Crippen LogP contribution in [0.1, 0.15) is 51.1 Å². The van der Waals surface area contributed by atoms with Crippen molar-refractivity contribution in [1.29, 1.82) is 0 Å². The van der Waals surface area contributed by atoms with Crippen LogP contribution in [0.25, 0.3) is 0 Å². The number of rotatable bonds is 2. The van der Waals surface area contributed by atoms with E-state index in [1.165, 1.54) is 31.2 Å². The first-order valence-electron chi connectivity index (χ1n) is 6.39. The molecule has 1 fully saturated rings. The summed E-state index contributed by atoms with van der Waals surface area (Å²) >= 11 is 0. The Morgan fingerprint density at radius 2 is 1.69 bits per heavy atom. The molecule has 2 N–H and O–H groups in total. The molecule has 1 saturated carbocycles. The number of hydrogen-bond acceptors (Lipinski definition) is 1. The van der Waals surface area contributed by atoms with Crippen molar-refractivity contribution in [3.63, 3.8) is 0 Å². The van der Waals surface area contributed by atoms with Crippen LogP contribution < -0.4 is 5.73 Å². The van der Waals surface area contributed by atoms with Crippen LogP contribution in [0.15, 0.2) is 30.3 Å². The van der Waals surface area contributed by atoms with Crippen molar-refractivity contribution in [2.24, 2.45) is 17.1 Å². The first-order chi connectivity index (χ1) is 7.58. The maximum absolute atomic E-state index is 6.36. The van der Waals surface area contributed by atoms with Crippen LogP contribution in [0.5, 0.6) is 0 Å². The van der Waals surface area contributed by atoms with Gasteiger partial charge in [-0.1, -0.05) is 44.2 Å². The van der Waals surface area contributed by atoms with E-state index in [0.717, 1.165) is 0 Å². The topological polar surface area (TPSA) is 26.0 Å². The van der Waals surface area contributed by atoms with Crippen LogP contribution in [0.4, 0.5) is 0 Å². The molecule has 1 nitrogen and oxygen atoms in total. The van der Waals surface area contributed by atoms with Gasteiger partial charge in [0.05, 0.1) is 0 Å². The van der Waals surface area contributed by atoms with Gasteiger partial charge in [0.2, 0.25) is 0 Å². The van der Waals surface area contributed by atoms with Gasteiger partial charge in [-0.3, -0.25) is 0 Å². The fourth-order valence-electron chi connectivity index (χ4n) is 2.73. The van der Waals surface area contributed by atoms with Crippen molar-refractivity contribution in [2.75, 3.05) is 0 Å². The van der Waals surface area contributed by atoms with Gasteiger partial charge in [0.15, 0.2) is 0 Å². The Balaban J connectivity index is 2.00. The maximum atomic E-state index is 6.36. The molecule has 1 atom stereocenters. The molecule has 16 heavy (non-hydrogen) atoms. The Morgan fingerprint density at radius 3 is 2.25 bits per heavy atom. The number of hydrogen-bond donors (Lipinski definition) is 1. The summed E-state index contributed by atoms with van der Waals surface area (Å²) in [4.78, 5) is 0. The first kappa shape index (κ1) is 11.7. The summed E-state index contributed by atoms with van der Waals surface area (Å²) in [5, 5.41) is 0. The summed E-state index contributed by atoms with van der Waals surface area (Å²) in [5.41, 5.74) is 8.19. The van der Waals surface area contributed by atoms with Gasteiger partial charge in [-0.05, 0) is 42.6 Å². The van der Waals surface area contributed by atoms with Gasteiger partial charge >= 0.3 is 0 Å². The molecule has 1 heteroatoms. The van der Waals surface area contributed by atoms with E-state index in [9.17, 15) is 0 Å². The molecule has 1 unspecified atom stereocenters. The highest BCUT2D eigenvalue weighted by atomic mass is 14.7. The first-order valence-corrected chi connectivity index (χ1v) is 6.39. The average molecular weight is 217 g/mol. The summed E-state index contributed by atoms with van der Waals surface area (Å²) < 4.78 is 0. The van der Waals surface area contributed by atoms with E-state index < -0.39 is 0 Å². The zero-order valence-electron chi connectivity index (χ0n) is 10.4. The van der Waals surface area contributed by atoms with E-state index in [1.54, 1.807) is 0 Å². The van der Waals surface area contributed by atoms with E-state index in [-0.39, 0.29) is 6.04 Å². The van der Waals surface area contributed by atoms with E-state index in [0.29, 0.717) is 11.3 Å². The molecule has 2 rings (SSSR count). The minimum atomic E-state index is 0.234. The van der Waals surface area contributed by atoms with E-state index in [1.807, 2.05) is 0 Å². The molecule has 0 heterocycles. The lowest BCUT2D eigenvalue weighted by atomic mass is 9.70. The summed E-state index contributed by atoms with van der Waals surface area (Å²) in [6.07, 6.45) is 5.20. The third-order valence-electron chi connectivity index (χ3n) is 4.08. The van der Waals surface area contributed by atoms with Crippen LogP contribution in [-0.4, -0.2) is 0 Å². The highest BCUT2D eigenvalue weighted by Crippen LogP contribution is 2.41. The fourth-order valence-corrected chi connectivity index (χ4v) is 2.73. The number of nitrogens with two attached hydrogens (primary N) is 1. The van der Waals surface area contributed by atoms with Crippen LogP contribution in [0.3, 0.4) is 0 Å². The Labute approximate surface area is 99.0 Å². The van der Waals surface area contributed by atoms with Crippen molar-refractivity contribution in [3.05, 3.63) is 35.9 Å². The molecule has 1 aromatic carbocycles. The second-order valence-electron chi connectivity index (χ2n) is 5.94. The Kier molecular flexibility index (Phi) is 3.34. The van der Waals surface area contributed by atoms with Crippen LogP contribution in [-0.2, 0) is 0 Å². The van der Waals surface area contributed by atoms with Crippen molar-refractivity contribution in [3.8, 4) is 0 Å². The molecule has 1 aliphatic carbocycles. The van der Waals surface area contributed by atoms with Gasteiger partial charge in [0.1, 0.15) is 0 Å². The predicted molar refractivity (Wildman–Crippen MR) is 69.1 cm³/mol. The largest absolute Gasteiger partial charge is 0.324 e. The molecule has 88 valence electrons. The molecule has 0 bridgehead atoms. The quantitative estimate of drug-likeness (QED) is 0.798. The lowest BCUT2D eigenvalue weighted by Crippen LogP contribution is -2.29. The van der Waals surface area contributed by atoms with Crippen LogP contribution in [0, 0.1) is 11.3 Å². The summed E-state index contributed by atoms with van der Waals surface area (Å²) in [6.45, 7) is 4.74. The third kappa shape index (κ3) is 2.65. The lowest BCUT2D eigenvalue weighted by molar-refractivity contribution is 0.173. The minimum Gasteiger partial charge on any atom is -0.324 e. The number of benzene rings is 1. The second-order valence-corrected chi connectivity index (χ2v) is 5.94. The van der Waals surface area contributed by atoms with Crippen molar-refractivity contribution >= 4 is 0 Å². The third-order valence-corrected chi connectivity index (χ3v) is 4.08. The molecule has 0 aromatic heterocycles. The zero-order valence-corrected chi connectivity index (χ0v) is 10.4. The SMILES string of the molecule is CC1(C)CCC(C(N)c2ccccc2)CC1. The van der Waals surface area contributed by atoms with E-state index >= 15 is 0 Å². The Morgan fingerprint density at radius 1 is 1.12 bits per heavy atom. The normalized spacial score (nSPS) is 22.9. The average Bonchev–Trinajstić information content (AvgIpc) is 2.29. The van der Waals surface area contributed by atoms with Crippen LogP contribution in [0.2, 0.25) is 0 Å². The summed E-state index contributed by atoms with van der Waals surface area (Å²) in [5.74, 6) is 0.676. The van der Waals surface area contributed by atoms with Gasteiger partial charge < -0.3 is 5.73 Å². The zero-order chi connectivity index (χ0) is 11.6. The smallest absolute Gasteiger partial charge is 0.0323 e. The Bertz CT molecular complexity index is 319. The minimum absolute atomic E-state index is 0.234. The predicted octanol–water partition coefficient (Wildman–Crippen LogP) is 3.90. The van der Waals surface area contributed by atoms with Gasteiger partial charge in [-0.2, -0.15) is 0 Å². The van der Waals surface area contributed by atoms with Crippen molar-refractivity contribution in [2.45, 2.75) is 45.6 Å². The molecular formula is C15H23N. The molecular weight excluding hydrogens is 194 g/mol. The summed E-state index contributed by atoms with van der Waals surface area (Å²) in [6, 6.07) is 10.8. The van der Waals surface area contributed by atoms with E-state index in [4.69, 9.17) is 5.73 Å². The fraction of sp³-hybridized carbons (Fsp3) is 0.600.